The van der Waals surface area contributed by atoms with Gasteiger partial charge in [0.15, 0.2) is 0 Å². The van der Waals surface area contributed by atoms with Crippen LogP contribution in [0.3, 0.4) is 0 Å². The molecule has 0 aliphatic rings. The van der Waals surface area contributed by atoms with E-state index in [1.807, 2.05) is 30.6 Å². The van der Waals surface area contributed by atoms with Gasteiger partial charge in [0.25, 0.3) is 11.8 Å². The Morgan fingerprint density at radius 1 is 0.923 bits per heavy atom. The molecule has 1 heterocycles. The number of aromatic nitrogens is 1. The van der Waals surface area contributed by atoms with E-state index >= 15 is 0 Å². The highest BCUT2D eigenvalue weighted by Gasteiger charge is 2.12. The topological polar surface area (TPSA) is 63.1 Å². The number of carbonyl (C=O) groups is 2. The summed E-state index contributed by atoms with van der Waals surface area (Å²) in [5.74, 6) is -1.36. The van der Waals surface area contributed by atoms with Crippen LogP contribution in [0.4, 0.5) is 4.39 Å². The predicted octanol–water partition coefficient (Wildman–Crippen LogP) is 3.09. The predicted molar refractivity (Wildman–Crippen MR) is 96.8 cm³/mol. The van der Waals surface area contributed by atoms with Gasteiger partial charge in [0.1, 0.15) is 5.82 Å². The van der Waals surface area contributed by atoms with E-state index in [1.165, 1.54) is 24.3 Å². The molecule has 6 heteroatoms. The lowest BCUT2D eigenvalue weighted by atomic mass is 10.1. The van der Waals surface area contributed by atoms with Gasteiger partial charge in [-0.3, -0.25) is 20.4 Å². The van der Waals surface area contributed by atoms with Crippen molar-refractivity contribution in [3.63, 3.8) is 0 Å². The summed E-state index contributed by atoms with van der Waals surface area (Å²) in [7, 11) is 0. The summed E-state index contributed by atoms with van der Waals surface area (Å²) in [5.41, 5.74) is 6.34. The van der Waals surface area contributed by atoms with E-state index in [1.54, 1.807) is 34.9 Å². The highest BCUT2D eigenvalue weighted by Crippen LogP contribution is 2.14. The maximum atomic E-state index is 13.1. The molecule has 0 aliphatic heterocycles. The molecule has 2 N–H and O–H groups in total. The van der Waals surface area contributed by atoms with Gasteiger partial charge in [-0.25, -0.2) is 4.39 Å². The Hall–Kier alpha value is -3.67. The van der Waals surface area contributed by atoms with E-state index in [4.69, 9.17) is 0 Å². The van der Waals surface area contributed by atoms with E-state index in [9.17, 15) is 14.0 Å². The number of amides is 2. The van der Waals surface area contributed by atoms with Crippen molar-refractivity contribution < 1.29 is 14.0 Å². The Morgan fingerprint density at radius 2 is 1.69 bits per heavy atom. The van der Waals surface area contributed by atoms with Crippen LogP contribution in [0.1, 0.15) is 15.9 Å². The van der Waals surface area contributed by atoms with Gasteiger partial charge in [0, 0.05) is 18.5 Å². The first-order valence-electron chi connectivity index (χ1n) is 7.90. The van der Waals surface area contributed by atoms with Gasteiger partial charge in [0.05, 0.1) is 11.3 Å². The van der Waals surface area contributed by atoms with Crippen molar-refractivity contribution in [3.05, 3.63) is 96.1 Å². The minimum absolute atomic E-state index is 0.387. The van der Waals surface area contributed by atoms with Crippen LogP contribution in [0.25, 0.3) is 11.8 Å². The summed E-state index contributed by atoms with van der Waals surface area (Å²) in [4.78, 5) is 24.2. The fourth-order valence-corrected chi connectivity index (χ4v) is 2.40. The number of hydrogen-bond donors (Lipinski definition) is 2. The van der Waals surface area contributed by atoms with Crippen molar-refractivity contribution >= 4 is 17.9 Å². The number of hydrogen-bond acceptors (Lipinski definition) is 2. The fourth-order valence-electron chi connectivity index (χ4n) is 2.40. The first-order chi connectivity index (χ1) is 12.6. The molecule has 0 radical (unpaired) electrons. The number of nitrogens with zero attached hydrogens (tertiary/aromatic N) is 1. The summed E-state index contributed by atoms with van der Waals surface area (Å²) in [5, 5.41) is 0. The zero-order valence-corrected chi connectivity index (χ0v) is 13.7. The Bertz CT molecular complexity index is 949. The maximum absolute atomic E-state index is 13.1. The van der Waals surface area contributed by atoms with Crippen LogP contribution in [0.5, 0.6) is 0 Å². The molecule has 130 valence electrons. The number of carbonyl (C=O) groups excluding carboxylic acids is 2. The van der Waals surface area contributed by atoms with Crippen LogP contribution >= 0.6 is 0 Å². The Balaban J connectivity index is 1.63. The average Bonchev–Trinajstić information content (AvgIpc) is 3.19. The van der Waals surface area contributed by atoms with Crippen molar-refractivity contribution in [1.29, 1.82) is 0 Å². The zero-order chi connectivity index (χ0) is 18.4. The SMILES string of the molecule is O=C(/C=C/c1cccc(F)c1)NNC(=O)c1ccccc1-n1cccc1. The molecule has 1 aromatic heterocycles. The first-order valence-corrected chi connectivity index (χ1v) is 7.90. The number of benzene rings is 2. The van der Waals surface area contributed by atoms with Crippen LogP contribution in [-0.2, 0) is 4.79 Å². The van der Waals surface area contributed by atoms with Crippen LogP contribution in [0.2, 0.25) is 0 Å². The van der Waals surface area contributed by atoms with Gasteiger partial charge in [-0.2, -0.15) is 0 Å². The number of hydrazine groups is 1. The molecule has 0 atom stereocenters. The van der Waals surface area contributed by atoms with Crippen molar-refractivity contribution in [1.82, 2.24) is 15.4 Å². The van der Waals surface area contributed by atoms with Crippen molar-refractivity contribution in [2.45, 2.75) is 0 Å². The average molecular weight is 349 g/mol. The van der Waals surface area contributed by atoms with Crippen LogP contribution in [0, 0.1) is 5.82 Å². The van der Waals surface area contributed by atoms with E-state index in [0.717, 1.165) is 0 Å². The lowest BCUT2D eigenvalue weighted by molar-refractivity contribution is -0.117. The second-order valence-corrected chi connectivity index (χ2v) is 5.44. The zero-order valence-electron chi connectivity index (χ0n) is 13.7. The highest BCUT2D eigenvalue weighted by molar-refractivity contribution is 6.00. The fraction of sp³-hybridized carbons (Fsp3) is 0. The molecule has 0 aliphatic carbocycles. The monoisotopic (exact) mass is 349 g/mol. The lowest BCUT2D eigenvalue weighted by Crippen LogP contribution is -2.41. The smallest absolute Gasteiger partial charge is 0.271 e. The largest absolute Gasteiger partial charge is 0.323 e. The highest BCUT2D eigenvalue weighted by atomic mass is 19.1. The molecular weight excluding hydrogens is 333 g/mol. The first kappa shape index (κ1) is 17.2. The standard InChI is InChI=1S/C20H16FN3O2/c21-16-7-5-6-15(14-16)10-11-19(25)22-23-20(26)17-8-1-2-9-18(17)24-12-3-4-13-24/h1-14H,(H,22,25)(H,23,26)/b11-10+. The third kappa shape index (κ3) is 4.24. The third-order valence-corrected chi connectivity index (χ3v) is 3.61. The lowest BCUT2D eigenvalue weighted by Gasteiger charge is -2.11. The van der Waals surface area contributed by atoms with Crippen molar-refractivity contribution in [2.24, 2.45) is 0 Å². The van der Waals surface area contributed by atoms with E-state index in [2.05, 4.69) is 10.9 Å². The summed E-state index contributed by atoms with van der Waals surface area (Å²) < 4.78 is 14.9. The Labute approximate surface area is 149 Å². The van der Waals surface area contributed by atoms with Crippen LogP contribution in [0.15, 0.2) is 79.1 Å². The van der Waals surface area contributed by atoms with E-state index in [0.29, 0.717) is 16.8 Å². The van der Waals surface area contributed by atoms with Crippen LogP contribution < -0.4 is 10.9 Å². The van der Waals surface area contributed by atoms with Gasteiger partial charge in [-0.1, -0.05) is 24.3 Å². The molecule has 2 amide bonds. The molecule has 0 fully saturated rings. The quantitative estimate of drug-likeness (QED) is 0.562. The third-order valence-electron chi connectivity index (χ3n) is 3.61. The summed E-state index contributed by atoms with van der Waals surface area (Å²) in [6.45, 7) is 0. The molecule has 0 saturated heterocycles. The molecular formula is C20H16FN3O2. The van der Waals surface area contributed by atoms with Gasteiger partial charge in [0.2, 0.25) is 0 Å². The molecule has 3 rings (SSSR count). The summed E-state index contributed by atoms with van der Waals surface area (Å²) >= 11 is 0. The van der Waals surface area contributed by atoms with Gasteiger partial charge in [-0.15, -0.1) is 0 Å². The Kier molecular flexibility index (Phi) is 5.24. The Morgan fingerprint density at radius 3 is 2.46 bits per heavy atom. The minimum atomic E-state index is -0.527. The molecule has 0 bridgehead atoms. The second-order valence-electron chi connectivity index (χ2n) is 5.44. The van der Waals surface area contributed by atoms with Crippen molar-refractivity contribution in [2.75, 3.05) is 0 Å². The number of halogens is 1. The maximum Gasteiger partial charge on any atom is 0.271 e. The molecule has 5 nitrogen and oxygen atoms in total. The molecule has 2 aromatic carbocycles. The summed E-state index contributed by atoms with van der Waals surface area (Å²) in [6.07, 6.45) is 6.32. The molecule has 3 aromatic rings. The van der Waals surface area contributed by atoms with E-state index in [-0.39, 0.29) is 5.82 Å². The van der Waals surface area contributed by atoms with Gasteiger partial charge < -0.3 is 4.57 Å². The van der Waals surface area contributed by atoms with Gasteiger partial charge >= 0.3 is 0 Å². The van der Waals surface area contributed by atoms with Crippen molar-refractivity contribution in [3.8, 4) is 5.69 Å². The molecule has 26 heavy (non-hydrogen) atoms. The van der Waals surface area contributed by atoms with E-state index < -0.39 is 11.8 Å². The van der Waals surface area contributed by atoms with Gasteiger partial charge in [-0.05, 0) is 48.0 Å². The summed E-state index contributed by atoms with van der Waals surface area (Å²) in [6, 6.07) is 16.6. The van der Waals surface area contributed by atoms with Crippen LogP contribution in [-0.4, -0.2) is 16.4 Å². The number of nitrogens with one attached hydrogen (secondary N) is 2. The number of rotatable bonds is 4. The second kappa shape index (κ2) is 7.94. The minimum Gasteiger partial charge on any atom is -0.323 e. The number of para-hydroxylation sites is 1. The molecule has 0 spiro atoms. The molecule has 0 unspecified atom stereocenters. The normalized spacial score (nSPS) is 10.7. The molecule has 0 saturated carbocycles.